The number of aliphatic hydroxyl groups is 1. The van der Waals surface area contributed by atoms with Gasteiger partial charge in [-0.1, -0.05) is 37.6 Å². The summed E-state index contributed by atoms with van der Waals surface area (Å²) in [6.07, 6.45) is 11.5. The van der Waals surface area contributed by atoms with E-state index in [1.54, 1.807) is 14.2 Å². The first-order valence-electron chi connectivity index (χ1n) is 15.6. The van der Waals surface area contributed by atoms with E-state index in [9.17, 15) is 5.11 Å². The van der Waals surface area contributed by atoms with Crippen molar-refractivity contribution in [2.24, 2.45) is 10.9 Å². The molecule has 0 radical (unpaired) electrons. The van der Waals surface area contributed by atoms with Crippen LogP contribution in [-0.2, 0) is 11.2 Å². The standard InChI is InChI=1S/C38H48N3O3P/c1-9-30-23-41(22-29-19-38(6,45)20-29)17-16-32(30)27(4)26(3)24-44-37-25(2)12-10-14-33(37)35-15-11-13-31(40-35)18-36(43-8)34(21-39-7)28(5)42/h1,10-15,21,29,42H,5,16-20,22-24,45H2,2-4,6-8H3/b27-26+,36-34-,39-21-. The highest BCUT2D eigenvalue weighted by molar-refractivity contribution is 7.19. The molecule has 0 spiro atoms. The molecule has 4 rings (SSSR count). The Morgan fingerprint density at radius 2 is 2.00 bits per heavy atom. The average molecular weight is 626 g/mol. The van der Waals surface area contributed by atoms with Crippen molar-refractivity contribution in [2.75, 3.05) is 40.4 Å². The lowest BCUT2D eigenvalue weighted by Gasteiger charge is -2.45. The van der Waals surface area contributed by atoms with E-state index in [0.29, 0.717) is 29.5 Å². The molecule has 1 aliphatic heterocycles. The van der Waals surface area contributed by atoms with E-state index in [1.165, 1.54) is 35.8 Å². The largest absolute Gasteiger partial charge is 0.508 e. The number of hydrogen-bond donors (Lipinski definition) is 1. The van der Waals surface area contributed by atoms with E-state index >= 15 is 0 Å². The second kappa shape index (κ2) is 15.1. The molecule has 1 aromatic carbocycles. The van der Waals surface area contributed by atoms with Gasteiger partial charge in [0.25, 0.3) is 0 Å². The van der Waals surface area contributed by atoms with Gasteiger partial charge in [0.1, 0.15) is 23.9 Å². The van der Waals surface area contributed by atoms with Crippen molar-refractivity contribution in [1.29, 1.82) is 0 Å². The summed E-state index contributed by atoms with van der Waals surface area (Å²) in [5, 5.41) is 10.5. The lowest BCUT2D eigenvalue weighted by Crippen LogP contribution is -2.44. The third-order valence-corrected chi connectivity index (χ3v) is 9.37. The Bertz CT molecular complexity index is 1580. The number of methoxy groups -OCH3 is 1. The van der Waals surface area contributed by atoms with Gasteiger partial charge in [-0.3, -0.25) is 14.9 Å². The summed E-state index contributed by atoms with van der Waals surface area (Å²) in [7, 11) is 6.21. The number of nitrogens with zero attached hydrogens (tertiary/aromatic N) is 3. The van der Waals surface area contributed by atoms with Crippen LogP contribution >= 0.6 is 9.24 Å². The highest BCUT2D eigenvalue weighted by atomic mass is 31.0. The van der Waals surface area contributed by atoms with Crippen LogP contribution in [0.4, 0.5) is 0 Å². The molecule has 1 fully saturated rings. The summed E-state index contributed by atoms with van der Waals surface area (Å²) >= 11 is 0. The molecule has 2 aliphatic rings. The lowest BCUT2D eigenvalue weighted by molar-refractivity contribution is 0.156. The Hall–Kier alpha value is -3.65. The third-order valence-electron chi connectivity index (χ3n) is 8.90. The number of para-hydroxylation sites is 1. The van der Waals surface area contributed by atoms with Gasteiger partial charge in [0, 0.05) is 56.1 Å². The molecule has 1 N–H and O–H groups in total. The maximum atomic E-state index is 10.1. The quantitative estimate of drug-likeness (QED) is 0.0863. The van der Waals surface area contributed by atoms with Crippen molar-refractivity contribution in [3.8, 4) is 29.4 Å². The van der Waals surface area contributed by atoms with Crippen LogP contribution in [0.1, 0.15) is 51.3 Å². The Balaban J connectivity index is 1.53. The van der Waals surface area contributed by atoms with Crippen molar-refractivity contribution >= 4 is 15.5 Å². The number of rotatable bonds is 12. The van der Waals surface area contributed by atoms with Crippen molar-refractivity contribution in [3.05, 3.63) is 93.6 Å². The second-order valence-electron chi connectivity index (χ2n) is 12.7. The van der Waals surface area contributed by atoms with Crippen molar-refractivity contribution in [2.45, 2.75) is 58.5 Å². The van der Waals surface area contributed by atoms with E-state index in [2.05, 4.69) is 65.4 Å². The summed E-state index contributed by atoms with van der Waals surface area (Å²) in [6.45, 7) is 15.8. The smallest absolute Gasteiger partial charge is 0.132 e. The van der Waals surface area contributed by atoms with Gasteiger partial charge in [-0.2, -0.15) is 0 Å². The van der Waals surface area contributed by atoms with Crippen LogP contribution in [0.2, 0.25) is 0 Å². The number of hydrogen-bond acceptors (Lipinski definition) is 6. The van der Waals surface area contributed by atoms with E-state index in [1.807, 2.05) is 30.3 Å². The van der Waals surface area contributed by atoms with Gasteiger partial charge in [0.15, 0.2) is 0 Å². The first kappa shape index (κ1) is 34.2. The summed E-state index contributed by atoms with van der Waals surface area (Å²) in [5.74, 6) is 5.02. The Morgan fingerprint density at radius 1 is 1.27 bits per heavy atom. The number of benzene rings is 1. The molecule has 2 aromatic rings. The van der Waals surface area contributed by atoms with Crippen LogP contribution in [0.5, 0.6) is 5.75 Å². The number of ether oxygens (including phenoxy) is 2. The monoisotopic (exact) mass is 625 g/mol. The Labute approximate surface area is 272 Å². The van der Waals surface area contributed by atoms with Crippen LogP contribution in [0.3, 0.4) is 0 Å². The normalized spacial score (nSPS) is 21.5. The minimum absolute atomic E-state index is 0.102. The van der Waals surface area contributed by atoms with Gasteiger partial charge in [-0.05, 0) is 91.6 Å². The molecular weight excluding hydrogens is 577 g/mol. The van der Waals surface area contributed by atoms with Crippen LogP contribution in [-0.4, -0.2) is 66.8 Å². The van der Waals surface area contributed by atoms with Gasteiger partial charge in [-0.15, -0.1) is 15.7 Å². The zero-order valence-corrected chi connectivity index (χ0v) is 28.9. The Morgan fingerprint density at radius 3 is 2.64 bits per heavy atom. The van der Waals surface area contributed by atoms with Crippen LogP contribution in [0.15, 0.2) is 87.4 Å². The minimum Gasteiger partial charge on any atom is -0.508 e. The molecule has 0 amide bonds. The fourth-order valence-electron chi connectivity index (χ4n) is 6.47. The first-order valence-corrected chi connectivity index (χ1v) is 16.2. The van der Waals surface area contributed by atoms with E-state index < -0.39 is 0 Å². The van der Waals surface area contributed by atoms with Crippen LogP contribution in [0, 0.1) is 25.2 Å². The summed E-state index contributed by atoms with van der Waals surface area (Å²) in [5.41, 5.74) is 8.78. The highest BCUT2D eigenvalue weighted by Crippen LogP contribution is 2.45. The summed E-state index contributed by atoms with van der Waals surface area (Å²) in [6, 6.07) is 12.0. The maximum Gasteiger partial charge on any atom is 0.132 e. The zero-order chi connectivity index (χ0) is 32.7. The first-order chi connectivity index (χ1) is 21.5. The number of allylic oxidation sites excluding steroid dienone is 3. The van der Waals surface area contributed by atoms with Crippen LogP contribution in [0.25, 0.3) is 11.3 Å². The molecule has 1 saturated carbocycles. The van der Waals surface area contributed by atoms with Gasteiger partial charge in [0.05, 0.1) is 18.4 Å². The maximum absolute atomic E-state index is 10.1. The molecule has 7 heteroatoms. The lowest BCUT2D eigenvalue weighted by atomic mass is 9.74. The molecule has 2 heterocycles. The highest BCUT2D eigenvalue weighted by Gasteiger charge is 2.37. The van der Waals surface area contributed by atoms with E-state index in [4.69, 9.17) is 20.9 Å². The minimum atomic E-state index is -0.102. The molecule has 6 nitrogen and oxygen atoms in total. The van der Waals surface area contributed by atoms with Gasteiger partial charge in [-0.25, -0.2) is 0 Å². The van der Waals surface area contributed by atoms with Gasteiger partial charge >= 0.3 is 0 Å². The molecule has 1 atom stereocenters. The zero-order valence-electron chi connectivity index (χ0n) is 27.7. The molecule has 1 aromatic heterocycles. The fraction of sp³-hybridized carbons (Fsp3) is 0.421. The number of pyridine rings is 1. The van der Waals surface area contributed by atoms with Crippen LogP contribution < -0.4 is 4.74 Å². The second-order valence-corrected chi connectivity index (χ2v) is 14.1. The summed E-state index contributed by atoms with van der Waals surface area (Å²) in [4.78, 5) is 11.5. The molecule has 238 valence electrons. The third kappa shape index (κ3) is 8.54. The number of aliphatic hydroxyl groups excluding tert-OH is 1. The molecule has 45 heavy (non-hydrogen) atoms. The SMILES string of the molecule is C#CC1=C(/C(C)=C(\C)COc2c(C)cccc2-c2cccc(C/C(OC)=C(\C=N/C)C(=C)O)n2)CCN(CC2CC(C)(P)C2)C1. The average Bonchev–Trinajstić information content (AvgIpc) is 3.00. The van der Waals surface area contributed by atoms with Crippen molar-refractivity contribution in [3.63, 3.8) is 0 Å². The van der Waals surface area contributed by atoms with Crippen molar-refractivity contribution < 1.29 is 14.6 Å². The predicted octanol–water partition coefficient (Wildman–Crippen LogP) is 7.67. The van der Waals surface area contributed by atoms with Gasteiger partial charge < -0.3 is 14.6 Å². The van der Waals surface area contributed by atoms with E-state index in [-0.39, 0.29) is 5.76 Å². The fourth-order valence-corrected chi connectivity index (χ4v) is 7.14. The van der Waals surface area contributed by atoms with Crippen molar-refractivity contribution in [1.82, 2.24) is 9.88 Å². The Kier molecular flexibility index (Phi) is 11.5. The number of terminal acetylenes is 1. The number of aromatic nitrogens is 1. The number of aryl methyl sites for hydroxylation is 1. The molecule has 0 bridgehead atoms. The summed E-state index contributed by atoms with van der Waals surface area (Å²) < 4.78 is 12.1. The number of aliphatic imine (C=N–C) groups is 1. The molecular formula is C38H48N3O3P. The molecule has 1 unspecified atom stereocenters. The van der Waals surface area contributed by atoms with Gasteiger partial charge in [0.2, 0.25) is 0 Å². The molecule has 1 aliphatic carbocycles. The van der Waals surface area contributed by atoms with E-state index in [0.717, 1.165) is 65.8 Å². The molecule has 0 saturated heterocycles. The predicted molar refractivity (Wildman–Crippen MR) is 190 cm³/mol. The topological polar surface area (TPSA) is 67.2 Å².